The van der Waals surface area contributed by atoms with Crippen LogP contribution in [0, 0.1) is 0 Å². The summed E-state index contributed by atoms with van der Waals surface area (Å²) in [6, 6.07) is 15.8. The van der Waals surface area contributed by atoms with Crippen molar-refractivity contribution in [1.82, 2.24) is 4.98 Å². The lowest BCUT2D eigenvalue weighted by molar-refractivity contribution is -0.138. The number of nitrogens with zero attached hydrogens (tertiary/aromatic N) is 2. The molecule has 0 unspecified atom stereocenters. The molecule has 1 heterocycles. The van der Waals surface area contributed by atoms with Crippen LogP contribution in [0.15, 0.2) is 82.8 Å². The molecule has 5 nitrogen and oxygen atoms in total. The molecular formula is C26H21F3N4O. The Kier molecular flexibility index (Phi) is 6.32. The maximum absolute atomic E-state index is 13.4. The number of aliphatic imine (C=N–C) groups is 1. The summed E-state index contributed by atoms with van der Waals surface area (Å²) < 4.78 is 39.9. The maximum Gasteiger partial charge on any atom is 0.416 e. The topological polar surface area (TPSA) is 80.4 Å². The zero-order valence-corrected chi connectivity index (χ0v) is 18.2. The predicted octanol–water partition coefficient (Wildman–Crippen LogP) is 5.38. The molecule has 0 saturated carbocycles. The van der Waals surface area contributed by atoms with Crippen molar-refractivity contribution >= 4 is 39.2 Å². The third-order valence-electron chi connectivity index (χ3n) is 5.47. The number of aromatic nitrogens is 1. The minimum atomic E-state index is -4.44. The van der Waals surface area contributed by atoms with E-state index in [9.17, 15) is 18.0 Å². The maximum atomic E-state index is 13.4. The first-order valence-electron chi connectivity index (χ1n) is 10.4. The van der Waals surface area contributed by atoms with Crippen LogP contribution in [-0.4, -0.2) is 18.2 Å². The fourth-order valence-corrected chi connectivity index (χ4v) is 3.77. The average molecular weight is 462 g/mol. The van der Waals surface area contributed by atoms with E-state index < -0.39 is 11.7 Å². The van der Waals surface area contributed by atoms with Crippen molar-refractivity contribution in [3.05, 3.63) is 100.0 Å². The van der Waals surface area contributed by atoms with Crippen LogP contribution in [0.5, 0.6) is 0 Å². The zero-order chi connectivity index (χ0) is 24.3. The summed E-state index contributed by atoms with van der Waals surface area (Å²) in [4.78, 5) is 21.8. The minimum absolute atomic E-state index is 0.0399. The van der Waals surface area contributed by atoms with Crippen molar-refractivity contribution in [3.8, 4) is 0 Å². The largest absolute Gasteiger partial charge is 0.416 e. The Labute approximate surface area is 193 Å². The molecule has 3 N–H and O–H groups in total. The van der Waals surface area contributed by atoms with Gasteiger partial charge < -0.3 is 11.1 Å². The normalized spacial score (nSPS) is 12.5. The Bertz CT molecular complexity index is 1490. The molecule has 0 fully saturated rings. The summed E-state index contributed by atoms with van der Waals surface area (Å²) in [6.07, 6.45) is 0.149. The standard InChI is InChI=1S/C26H21F3N4O/c1-31-13-19(12-30)18-10-22-24(33-15-18)9-7-16-6-8-20(11-21(16)25(22)34)32-14-17-4-2-3-5-23(17)26(27,28)29/h2-13,15,32H,14,30H2,1H3. The highest BCUT2D eigenvalue weighted by Crippen LogP contribution is 2.32. The van der Waals surface area contributed by atoms with Crippen molar-refractivity contribution < 1.29 is 13.2 Å². The van der Waals surface area contributed by atoms with Gasteiger partial charge in [-0.3, -0.25) is 14.8 Å². The number of pyridine rings is 1. The molecule has 0 amide bonds. The van der Waals surface area contributed by atoms with Crippen molar-refractivity contribution in [2.75, 3.05) is 12.4 Å². The van der Waals surface area contributed by atoms with Crippen molar-refractivity contribution in [3.63, 3.8) is 0 Å². The summed E-state index contributed by atoms with van der Waals surface area (Å²) in [5, 5.41) is 4.52. The number of allylic oxidation sites excluding steroid dienone is 1. The van der Waals surface area contributed by atoms with Gasteiger partial charge >= 0.3 is 6.18 Å². The molecule has 0 aliphatic carbocycles. The van der Waals surface area contributed by atoms with Gasteiger partial charge in [0.2, 0.25) is 0 Å². The van der Waals surface area contributed by atoms with Gasteiger partial charge in [0, 0.05) is 59.8 Å². The van der Waals surface area contributed by atoms with Crippen LogP contribution >= 0.6 is 0 Å². The second-order valence-electron chi connectivity index (χ2n) is 7.64. The van der Waals surface area contributed by atoms with E-state index in [4.69, 9.17) is 5.73 Å². The number of rotatable bonds is 5. The van der Waals surface area contributed by atoms with Gasteiger partial charge in [-0.15, -0.1) is 0 Å². The minimum Gasteiger partial charge on any atom is -0.404 e. The lowest BCUT2D eigenvalue weighted by atomic mass is 10.1. The van der Waals surface area contributed by atoms with E-state index in [1.165, 1.54) is 18.3 Å². The molecule has 0 saturated heterocycles. The van der Waals surface area contributed by atoms with Crippen LogP contribution in [0.3, 0.4) is 0 Å². The first-order valence-corrected chi connectivity index (χ1v) is 10.4. The highest BCUT2D eigenvalue weighted by Gasteiger charge is 2.32. The zero-order valence-electron chi connectivity index (χ0n) is 18.2. The van der Waals surface area contributed by atoms with Gasteiger partial charge in [-0.2, -0.15) is 13.2 Å². The van der Waals surface area contributed by atoms with Crippen LogP contribution < -0.4 is 16.5 Å². The van der Waals surface area contributed by atoms with E-state index in [1.807, 2.05) is 0 Å². The second kappa shape index (κ2) is 9.35. The van der Waals surface area contributed by atoms with Gasteiger partial charge in [-0.1, -0.05) is 30.3 Å². The highest BCUT2D eigenvalue weighted by molar-refractivity contribution is 6.10. The number of nitrogens with one attached hydrogen (secondary N) is 1. The Hall–Kier alpha value is -4.20. The van der Waals surface area contributed by atoms with E-state index in [1.54, 1.807) is 61.9 Å². The Morgan fingerprint density at radius 2 is 1.85 bits per heavy atom. The van der Waals surface area contributed by atoms with Gasteiger partial charge in [0.05, 0.1) is 11.1 Å². The first kappa shape index (κ1) is 23.0. The summed E-state index contributed by atoms with van der Waals surface area (Å²) in [5.74, 6) is 0. The van der Waals surface area contributed by atoms with Gasteiger partial charge in [0.15, 0.2) is 5.43 Å². The Morgan fingerprint density at radius 3 is 2.59 bits per heavy atom. The molecule has 172 valence electrons. The quantitative estimate of drug-likeness (QED) is 0.390. The average Bonchev–Trinajstić information content (AvgIpc) is 2.97. The molecule has 0 bridgehead atoms. The van der Waals surface area contributed by atoms with E-state index >= 15 is 0 Å². The summed E-state index contributed by atoms with van der Waals surface area (Å²) in [6.45, 7) is -0.0399. The number of alkyl halides is 3. The highest BCUT2D eigenvalue weighted by atomic mass is 19.4. The number of hydrogen-bond donors (Lipinski definition) is 2. The van der Waals surface area contributed by atoms with Crippen LogP contribution in [0.25, 0.3) is 27.2 Å². The van der Waals surface area contributed by atoms with Crippen LogP contribution in [0.4, 0.5) is 18.9 Å². The predicted molar refractivity (Wildman–Crippen MR) is 131 cm³/mol. The van der Waals surface area contributed by atoms with Crippen LogP contribution in [0.1, 0.15) is 16.7 Å². The molecule has 0 aliphatic rings. The number of benzene rings is 2. The second-order valence-corrected chi connectivity index (χ2v) is 7.64. The van der Waals surface area contributed by atoms with Crippen LogP contribution in [0.2, 0.25) is 0 Å². The van der Waals surface area contributed by atoms with Crippen LogP contribution in [-0.2, 0) is 12.7 Å². The molecule has 0 spiro atoms. The summed E-state index contributed by atoms with van der Waals surface area (Å²) in [5.41, 5.74) is 7.20. The lowest BCUT2D eigenvalue weighted by Gasteiger charge is -2.14. The third kappa shape index (κ3) is 4.61. The lowest BCUT2D eigenvalue weighted by Crippen LogP contribution is -2.11. The number of halogens is 3. The molecule has 0 aliphatic heterocycles. The summed E-state index contributed by atoms with van der Waals surface area (Å²) >= 11 is 0. The molecule has 4 rings (SSSR count). The summed E-state index contributed by atoms with van der Waals surface area (Å²) in [7, 11) is 1.62. The number of nitrogens with two attached hydrogens (primary N) is 1. The van der Waals surface area contributed by atoms with E-state index in [0.29, 0.717) is 38.5 Å². The molecular weight excluding hydrogens is 441 g/mol. The number of anilines is 1. The Balaban J connectivity index is 1.77. The molecule has 0 atom stereocenters. The smallest absolute Gasteiger partial charge is 0.404 e. The van der Waals surface area contributed by atoms with E-state index in [0.717, 1.165) is 6.07 Å². The number of hydrogen-bond acceptors (Lipinski definition) is 5. The van der Waals surface area contributed by atoms with Gasteiger partial charge in [0.25, 0.3) is 0 Å². The third-order valence-corrected chi connectivity index (χ3v) is 5.47. The fourth-order valence-electron chi connectivity index (χ4n) is 3.77. The van der Waals surface area contributed by atoms with Crippen molar-refractivity contribution in [1.29, 1.82) is 0 Å². The molecule has 8 heteroatoms. The molecule has 1 aromatic heterocycles. The first-order chi connectivity index (χ1) is 16.3. The SMILES string of the molecule is CN=CC(=CN)c1cnc2ccc3ccc(NCc4ccccc4C(F)(F)F)cc3c(=O)c2c1. The van der Waals surface area contributed by atoms with Crippen molar-refractivity contribution in [2.45, 2.75) is 12.7 Å². The van der Waals surface area contributed by atoms with Gasteiger partial charge in [-0.05, 0) is 41.3 Å². The molecule has 0 radical (unpaired) electrons. The van der Waals surface area contributed by atoms with Crippen molar-refractivity contribution in [2.24, 2.45) is 10.7 Å². The number of fused-ring (bicyclic) bond motifs is 2. The van der Waals surface area contributed by atoms with Gasteiger partial charge in [-0.25, -0.2) is 0 Å². The molecule has 34 heavy (non-hydrogen) atoms. The van der Waals surface area contributed by atoms with E-state index in [-0.39, 0.29) is 17.5 Å². The molecule has 4 aromatic rings. The molecule has 3 aromatic carbocycles. The Morgan fingerprint density at radius 1 is 1.09 bits per heavy atom. The van der Waals surface area contributed by atoms with E-state index in [2.05, 4.69) is 15.3 Å². The fraction of sp³-hybridized carbons (Fsp3) is 0.115. The monoisotopic (exact) mass is 462 g/mol. The van der Waals surface area contributed by atoms with Gasteiger partial charge in [0.1, 0.15) is 0 Å².